The molecule has 0 bridgehead atoms. The van der Waals surface area contributed by atoms with Crippen molar-refractivity contribution >= 4 is 28.9 Å². The number of nitrogens with zero attached hydrogens (tertiary/aromatic N) is 2. The van der Waals surface area contributed by atoms with E-state index in [1.807, 2.05) is 6.08 Å². The Hall–Kier alpha value is -1.75. The molecule has 0 aromatic heterocycles. The third kappa shape index (κ3) is 3.29. The summed E-state index contributed by atoms with van der Waals surface area (Å²) in [6.45, 7) is 4.20. The van der Waals surface area contributed by atoms with Crippen molar-refractivity contribution in [2.45, 2.75) is 19.8 Å². The lowest BCUT2D eigenvalue weighted by Crippen LogP contribution is -2.37. The Kier molecular flexibility index (Phi) is 4.01. The maximum atomic E-state index is 12.0. The number of amides is 1. The number of likely N-dealkylation sites (tertiary alicyclic amines) is 1. The van der Waals surface area contributed by atoms with Crippen molar-refractivity contribution in [2.75, 3.05) is 13.1 Å². The van der Waals surface area contributed by atoms with Gasteiger partial charge >= 0.3 is 0 Å². The van der Waals surface area contributed by atoms with Gasteiger partial charge in [0.1, 0.15) is 5.75 Å². The first-order valence-corrected chi connectivity index (χ1v) is 8.00. The molecule has 5 heteroatoms. The second-order valence-corrected chi connectivity index (χ2v) is 6.60. The van der Waals surface area contributed by atoms with Crippen LogP contribution in [0.3, 0.4) is 0 Å². The highest BCUT2D eigenvalue weighted by Gasteiger charge is 2.28. The van der Waals surface area contributed by atoms with Crippen LogP contribution in [0.25, 0.3) is 6.08 Å². The Morgan fingerprint density at radius 3 is 2.86 bits per heavy atom. The number of benzene rings is 1. The van der Waals surface area contributed by atoms with Gasteiger partial charge in [-0.05, 0) is 54.3 Å². The van der Waals surface area contributed by atoms with Crippen molar-refractivity contribution in [2.24, 2.45) is 10.9 Å². The van der Waals surface area contributed by atoms with Gasteiger partial charge in [-0.1, -0.05) is 19.1 Å². The third-order valence-corrected chi connectivity index (χ3v) is 4.77. The summed E-state index contributed by atoms with van der Waals surface area (Å²) in [6.07, 6.45) is 4.24. The third-order valence-electron chi connectivity index (χ3n) is 3.73. The highest BCUT2D eigenvalue weighted by Crippen LogP contribution is 2.32. The van der Waals surface area contributed by atoms with Crippen molar-refractivity contribution in [1.29, 1.82) is 0 Å². The van der Waals surface area contributed by atoms with Gasteiger partial charge in [0, 0.05) is 13.1 Å². The summed E-state index contributed by atoms with van der Waals surface area (Å²) in [4.78, 5) is 19.1. The molecule has 1 amide bonds. The van der Waals surface area contributed by atoms with Crippen molar-refractivity contribution in [3.8, 4) is 5.75 Å². The molecule has 1 saturated heterocycles. The maximum absolute atomic E-state index is 12.0. The van der Waals surface area contributed by atoms with Gasteiger partial charge in [-0.2, -0.15) is 4.99 Å². The van der Waals surface area contributed by atoms with Crippen LogP contribution in [0.2, 0.25) is 0 Å². The van der Waals surface area contributed by atoms with Gasteiger partial charge in [0.05, 0.1) is 4.91 Å². The fourth-order valence-corrected chi connectivity index (χ4v) is 3.57. The van der Waals surface area contributed by atoms with Gasteiger partial charge in [-0.15, -0.1) is 0 Å². The van der Waals surface area contributed by atoms with Crippen molar-refractivity contribution in [3.05, 3.63) is 34.7 Å². The Morgan fingerprint density at radius 2 is 2.14 bits per heavy atom. The van der Waals surface area contributed by atoms with E-state index in [-0.39, 0.29) is 11.7 Å². The lowest BCUT2D eigenvalue weighted by molar-refractivity contribution is -0.113. The monoisotopic (exact) mass is 302 g/mol. The molecule has 2 heterocycles. The van der Waals surface area contributed by atoms with Crippen LogP contribution in [0.15, 0.2) is 34.2 Å². The fourth-order valence-electron chi connectivity index (χ4n) is 2.62. The van der Waals surface area contributed by atoms with Crippen LogP contribution >= 0.6 is 11.8 Å². The van der Waals surface area contributed by atoms with E-state index in [1.165, 1.54) is 18.2 Å². The number of thioether (sulfide) groups is 1. The Balaban J connectivity index is 1.73. The topological polar surface area (TPSA) is 52.9 Å². The van der Waals surface area contributed by atoms with Gasteiger partial charge in [0.25, 0.3) is 5.91 Å². The number of carbonyl (C=O) groups is 1. The van der Waals surface area contributed by atoms with Crippen molar-refractivity contribution in [3.63, 3.8) is 0 Å². The molecule has 1 aromatic rings. The molecule has 1 atom stereocenters. The van der Waals surface area contributed by atoms with Crippen molar-refractivity contribution in [1.82, 2.24) is 4.90 Å². The largest absolute Gasteiger partial charge is 0.508 e. The molecule has 2 aliphatic rings. The molecule has 0 spiro atoms. The van der Waals surface area contributed by atoms with E-state index in [1.54, 1.807) is 24.3 Å². The second-order valence-electron chi connectivity index (χ2n) is 5.60. The molecular formula is C16H18N2O2S. The van der Waals surface area contributed by atoms with Crippen LogP contribution in [0.4, 0.5) is 0 Å². The Bertz CT molecular complexity index is 607. The molecule has 1 unspecified atom stereocenters. The molecule has 1 fully saturated rings. The predicted molar refractivity (Wildman–Crippen MR) is 86.1 cm³/mol. The number of aliphatic imine (C=N–C) groups is 1. The smallest absolute Gasteiger partial charge is 0.286 e. The Morgan fingerprint density at radius 1 is 1.38 bits per heavy atom. The fraction of sp³-hybridized carbons (Fsp3) is 0.375. The van der Waals surface area contributed by atoms with E-state index in [0.29, 0.717) is 10.8 Å². The molecule has 21 heavy (non-hydrogen) atoms. The number of hydrogen-bond donors (Lipinski definition) is 1. The van der Waals surface area contributed by atoms with Crippen LogP contribution in [0.5, 0.6) is 5.75 Å². The first-order chi connectivity index (χ1) is 10.1. The number of piperidine rings is 1. The molecule has 0 radical (unpaired) electrons. The zero-order chi connectivity index (χ0) is 14.8. The number of hydrogen-bond acceptors (Lipinski definition) is 4. The van der Waals surface area contributed by atoms with Gasteiger partial charge in [-0.3, -0.25) is 4.79 Å². The van der Waals surface area contributed by atoms with E-state index in [2.05, 4.69) is 16.8 Å². The van der Waals surface area contributed by atoms with Gasteiger partial charge in [0.2, 0.25) is 0 Å². The molecule has 0 aliphatic carbocycles. The summed E-state index contributed by atoms with van der Waals surface area (Å²) < 4.78 is 0. The summed E-state index contributed by atoms with van der Waals surface area (Å²) in [7, 11) is 0. The van der Waals surface area contributed by atoms with Gasteiger partial charge in [0.15, 0.2) is 5.17 Å². The molecule has 1 N–H and O–H groups in total. The number of phenols is 1. The average Bonchev–Trinajstić information content (AvgIpc) is 2.83. The van der Waals surface area contributed by atoms with E-state index in [4.69, 9.17) is 0 Å². The number of rotatable bonds is 1. The minimum absolute atomic E-state index is 0.165. The van der Waals surface area contributed by atoms with Crippen LogP contribution in [-0.4, -0.2) is 34.2 Å². The SMILES string of the molecule is CC1CCCN(C2=NC(=O)/C(=C\c3ccc(O)cc3)S2)C1. The molecule has 1 aromatic carbocycles. The lowest BCUT2D eigenvalue weighted by Gasteiger charge is -2.31. The van der Waals surface area contributed by atoms with Gasteiger partial charge in [-0.25, -0.2) is 0 Å². The molecular weight excluding hydrogens is 284 g/mol. The van der Waals surface area contributed by atoms with E-state index < -0.39 is 0 Å². The molecule has 0 saturated carbocycles. The lowest BCUT2D eigenvalue weighted by atomic mass is 10.0. The first-order valence-electron chi connectivity index (χ1n) is 7.18. The molecule has 110 valence electrons. The van der Waals surface area contributed by atoms with E-state index in [0.717, 1.165) is 30.2 Å². The zero-order valence-corrected chi connectivity index (χ0v) is 12.8. The van der Waals surface area contributed by atoms with Gasteiger partial charge < -0.3 is 10.0 Å². The number of amidine groups is 1. The van der Waals surface area contributed by atoms with Crippen LogP contribution < -0.4 is 0 Å². The summed E-state index contributed by atoms with van der Waals surface area (Å²) in [5.74, 6) is 0.713. The van der Waals surface area contributed by atoms with Crippen molar-refractivity contribution < 1.29 is 9.90 Å². The minimum Gasteiger partial charge on any atom is -0.508 e. The highest BCUT2D eigenvalue weighted by molar-refractivity contribution is 8.18. The molecule has 4 nitrogen and oxygen atoms in total. The summed E-state index contributed by atoms with van der Waals surface area (Å²) in [6, 6.07) is 6.81. The standard InChI is InChI=1S/C16H18N2O2S/c1-11-3-2-8-18(10-11)16-17-15(20)14(21-16)9-12-4-6-13(19)7-5-12/h4-7,9,11,19H,2-3,8,10H2,1H3/b14-9+. The quantitative estimate of drug-likeness (QED) is 0.810. The van der Waals surface area contributed by atoms with Crippen LogP contribution in [0.1, 0.15) is 25.3 Å². The Labute approximate surface area is 128 Å². The zero-order valence-electron chi connectivity index (χ0n) is 12.0. The normalized spacial score (nSPS) is 24.5. The van der Waals surface area contributed by atoms with Crippen LogP contribution in [-0.2, 0) is 4.79 Å². The van der Waals surface area contributed by atoms with Crippen LogP contribution in [0, 0.1) is 5.92 Å². The second kappa shape index (κ2) is 5.93. The summed E-state index contributed by atoms with van der Waals surface area (Å²) in [5, 5.41) is 10.1. The predicted octanol–water partition coefficient (Wildman–Crippen LogP) is 3.09. The number of carbonyl (C=O) groups excluding carboxylic acids is 1. The number of phenolic OH excluding ortho intramolecular Hbond substituents is 1. The van der Waals surface area contributed by atoms with E-state index in [9.17, 15) is 9.90 Å². The minimum atomic E-state index is -0.165. The maximum Gasteiger partial charge on any atom is 0.286 e. The molecule has 3 rings (SSSR count). The highest BCUT2D eigenvalue weighted by atomic mass is 32.2. The molecule has 2 aliphatic heterocycles. The number of aromatic hydroxyl groups is 1. The summed E-state index contributed by atoms with van der Waals surface area (Å²) in [5.41, 5.74) is 0.895. The van der Waals surface area contributed by atoms with E-state index >= 15 is 0 Å². The average molecular weight is 302 g/mol. The first kappa shape index (κ1) is 14.2. The summed E-state index contributed by atoms with van der Waals surface area (Å²) >= 11 is 1.45.